The second kappa shape index (κ2) is 6.39. The van der Waals surface area contributed by atoms with E-state index < -0.39 is 0 Å². The van der Waals surface area contributed by atoms with Crippen LogP contribution in [0.25, 0.3) is 5.69 Å². The predicted molar refractivity (Wildman–Crippen MR) is 91.1 cm³/mol. The van der Waals surface area contributed by atoms with Crippen LogP contribution in [0.2, 0.25) is 0 Å². The first-order valence-electron chi connectivity index (χ1n) is 7.12. The summed E-state index contributed by atoms with van der Waals surface area (Å²) in [5.74, 6) is 0.860. The van der Waals surface area contributed by atoms with Crippen LogP contribution in [0.4, 0.5) is 0 Å². The summed E-state index contributed by atoms with van der Waals surface area (Å²) in [7, 11) is 1.68. The van der Waals surface area contributed by atoms with Crippen LogP contribution in [0, 0.1) is 13.8 Å². The molecular weight excluding hydrogens is 339 g/mol. The molecule has 3 aromatic rings. The van der Waals surface area contributed by atoms with Gasteiger partial charge in [-0.3, -0.25) is 0 Å². The van der Waals surface area contributed by atoms with Crippen molar-refractivity contribution >= 4 is 23.9 Å². The third-order valence-corrected chi connectivity index (χ3v) is 6.24. The second-order valence-electron chi connectivity index (χ2n) is 5.02. The maximum atomic E-state index is 5.22. The average Bonchev–Trinajstić information content (AvgIpc) is 2.84. The first-order chi connectivity index (χ1) is 10.7. The molecule has 112 valence electrons. The van der Waals surface area contributed by atoms with Gasteiger partial charge >= 0.3 is 137 Å². The van der Waals surface area contributed by atoms with E-state index in [0.29, 0.717) is 0 Å². The molecule has 0 aliphatic heterocycles. The molecule has 0 spiro atoms. The summed E-state index contributed by atoms with van der Waals surface area (Å²) in [5, 5.41) is 4.72. The molecule has 0 amide bonds. The molecule has 0 N–H and O–H groups in total. The fourth-order valence-corrected chi connectivity index (χ4v) is 4.35. The van der Waals surface area contributed by atoms with Crippen molar-refractivity contribution in [3.05, 3.63) is 66.0 Å². The van der Waals surface area contributed by atoms with Crippen LogP contribution >= 0.6 is 0 Å². The third kappa shape index (κ3) is 2.94. The Morgan fingerprint density at radius 2 is 1.64 bits per heavy atom. The normalized spacial score (nSPS) is 10.7. The molecule has 0 atom stereocenters. The number of rotatable bonds is 4. The summed E-state index contributed by atoms with van der Waals surface area (Å²) < 4.78 is 9.97. The molecule has 0 saturated heterocycles. The Hall–Kier alpha value is -2.03. The molecule has 0 bridgehead atoms. The van der Waals surface area contributed by atoms with Crippen LogP contribution in [0.1, 0.15) is 11.4 Å². The summed E-state index contributed by atoms with van der Waals surface area (Å²) in [6.07, 6.45) is 0. The molecule has 4 heteroatoms. The summed E-state index contributed by atoms with van der Waals surface area (Å²) in [6, 6.07) is 18.6. The molecule has 1 heterocycles. The van der Waals surface area contributed by atoms with Crippen LogP contribution in [0.3, 0.4) is 0 Å². The van der Waals surface area contributed by atoms with Crippen LogP contribution in [-0.4, -0.2) is 31.8 Å². The van der Waals surface area contributed by atoms with E-state index >= 15 is 0 Å². The van der Waals surface area contributed by atoms with Gasteiger partial charge in [-0.1, -0.05) is 0 Å². The maximum absolute atomic E-state index is 5.22. The van der Waals surface area contributed by atoms with Gasteiger partial charge in [0.2, 0.25) is 0 Å². The number of hydrogen-bond acceptors (Lipinski definition) is 2. The SMILES string of the molecule is COc1ccc(-n2nc(C)c([Se]c3ccccc3)c2C)cc1. The Balaban J connectivity index is 1.95. The molecule has 0 aliphatic rings. The van der Waals surface area contributed by atoms with E-state index in [9.17, 15) is 0 Å². The van der Waals surface area contributed by atoms with E-state index in [1.165, 1.54) is 14.6 Å². The second-order valence-corrected chi connectivity index (χ2v) is 7.30. The Morgan fingerprint density at radius 3 is 2.27 bits per heavy atom. The van der Waals surface area contributed by atoms with Crippen molar-refractivity contribution in [3.8, 4) is 11.4 Å². The minimum atomic E-state index is 0.278. The minimum absolute atomic E-state index is 0.278. The van der Waals surface area contributed by atoms with Gasteiger partial charge in [0.1, 0.15) is 0 Å². The van der Waals surface area contributed by atoms with Gasteiger partial charge in [-0.05, 0) is 0 Å². The Kier molecular flexibility index (Phi) is 4.32. The van der Waals surface area contributed by atoms with Gasteiger partial charge in [-0.2, -0.15) is 0 Å². The van der Waals surface area contributed by atoms with E-state index in [2.05, 4.69) is 44.2 Å². The van der Waals surface area contributed by atoms with Crippen molar-refractivity contribution in [2.75, 3.05) is 7.11 Å². The number of hydrogen-bond donors (Lipinski definition) is 0. The first kappa shape index (κ1) is 14.9. The molecule has 0 unspecified atom stereocenters. The summed E-state index contributed by atoms with van der Waals surface area (Å²) in [5.41, 5.74) is 3.39. The van der Waals surface area contributed by atoms with Crippen LogP contribution in [0.5, 0.6) is 5.75 Å². The van der Waals surface area contributed by atoms with E-state index in [-0.39, 0.29) is 15.0 Å². The monoisotopic (exact) mass is 358 g/mol. The molecule has 0 saturated carbocycles. The summed E-state index contributed by atoms with van der Waals surface area (Å²) >= 11 is 0.278. The molecule has 0 aliphatic carbocycles. The average molecular weight is 357 g/mol. The van der Waals surface area contributed by atoms with Gasteiger partial charge in [0.05, 0.1) is 0 Å². The molecular formula is C18H18N2OSe. The Morgan fingerprint density at radius 1 is 0.955 bits per heavy atom. The van der Waals surface area contributed by atoms with E-state index in [1.54, 1.807) is 7.11 Å². The van der Waals surface area contributed by atoms with Crippen LogP contribution < -0.4 is 13.7 Å². The Bertz CT molecular complexity index is 764. The summed E-state index contributed by atoms with van der Waals surface area (Å²) in [6.45, 7) is 4.23. The number of ether oxygens (including phenoxy) is 1. The fourth-order valence-electron chi connectivity index (χ4n) is 2.36. The van der Waals surface area contributed by atoms with Gasteiger partial charge in [0.25, 0.3) is 0 Å². The van der Waals surface area contributed by atoms with E-state index in [4.69, 9.17) is 9.84 Å². The van der Waals surface area contributed by atoms with Gasteiger partial charge in [-0.15, -0.1) is 0 Å². The van der Waals surface area contributed by atoms with Crippen molar-refractivity contribution in [3.63, 3.8) is 0 Å². The van der Waals surface area contributed by atoms with Crippen molar-refractivity contribution in [1.29, 1.82) is 0 Å². The van der Waals surface area contributed by atoms with E-state index in [1.807, 2.05) is 28.9 Å². The van der Waals surface area contributed by atoms with Gasteiger partial charge in [-0.25, -0.2) is 0 Å². The standard InChI is InChI=1S/C18H18N2OSe/c1-13-18(22-17-7-5-4-6-8-17)14(2)20(19-13)15-9-11-16(21-3)12-10-15/h4-12H,1-3H3. The molecule has 22 heavy (non-hydrogen) atoms. The molecule has 0 fully saturated rings. The van der Waals surface area contributed by atoms with E-state index in [0.717, 1.165) is 17.1 Å². The number of nitrogens with zero attached hydrogens (tertiary/aromatic N) is 2. The zero-order valence-corrected chi connectivity index (χ0v) is 14.6. The van der Waals surface area contributed by atoms with Crippen molar-refractivity contribution in [1.82, 2.24) is 9.78 Å². The van der Waals surface area contributed by atoms with Gasteiger partial charge in [0.15, 0.2) is 0 Å². The molecule has 0 radical (unpaired) electrons. The zero-order valence-electron chi connectivity index (χ0n) is 12.9. The summed E-state index contributed by atoms with van der Waals surface area (Å²) in [4.78, 5) is 0. The first-order valence-corrected chi connectivity index (χ1v) is 8.84. The van der Waals surface area contributed by atoms with Crippen molar-refractivity contribution < 1.29 is 4.74 Å². The molecule has 3 nitrogen and oxygen atoms in total. The number of benzene rings is 2. The number of aromatic nitrogens is 2. The Labute approximate surface area is 137 Å². The third-order valence-electron chi connectivity index (χ3n) is 3.51. The van der Waals surface area contributed by atoms with Crippen LogP contribution in [0.15, 0.2) is 54.6 Å². The fraction of sp³-hybridized carbons (Fsp3) is 0.167. The van der Waals surface area contributed by atoms with Gasteiger partial charge in [0, 0.05) is 0 Å². The quantitative estimate of drug-likeness (QED) is 0.669. The molecule has 2 aromatic carbocycles. The molecule has 3 rings (SSSR count). The van der Waals surface area contributed by atoms with Crippen molar-refractivity contribution in [2.45, 2.75) is 13.8 Å². The van der Waals surface area contributed by atoms with Gasteiger partial charge < -0.3 is 0 Å². The van der Waals surface area contributed by atoms with Crippen molar-refractivity contribution in [2.24, 2.45) is 0 Å². The van der Waals surface area contributed by atoms with Crippen LogP contribution in [-0.2, 0) is 0 Å². The topological polar surface area (TPSA) is 27.1 Å². The number of aryl methyl sites for hydroxylation is 1. The molecule has 1 aromatic heterocycles. The zero-order chi connectivity index (χ0) is 15.5. The predicted octanol–water partition coefficient (Wildman–Crippen LogP) is 2.15. The number of methoxy groups -OCH3 is 1.